The van der Waals surface area contributed by atoms with Gasteiger partial charge in [0.1, 0.15) is 18.7 Å². The molecule has 0 radical (unpaired) electrons. The maximum atomic E-state index is 12.7. The molecule has 2 rings (SSSR count). The Morgan fingerprint density at radius 1 is 0.867 bits per heavy atom. The lowest BCUT2D eigenvalue weighted by molar-refractivity contribution is -0.140. The number of benzene rings is 2. The highest BCUT2D eigenvalue weighted by molar-refractivity contribution is 5.92. The number of alkyl carbamates (subject to hydrolysis) is 1. The van der Waals surface area contributed by atoms with Gasteiger partial charge in [0.2, 0.25) is 11.8 Å². The summed E-state index contributed by atoms with van der Waals surface area (Å²) in [6.07, 6.45) is -1.40. The summed E-state index contributed by atoms with van der Waals surface area (Å²) in [5.74, 6) is -3.04. The average molecular weight is 413 g/mol. The summed E-state index contributed by atoms with van der Waals surface area (Å²) >= 11 is 0. The van der Waals surface area contributed by atoms with Gasteiger partial charge in [-0.15, -0.1) is 0 Å². The third-order valence-electron chi connectivity index (χ3n) is 4.14. The quantitative estimate of drug-likeness (QED) is 0.456. The van der Waals surface area contributed by atoms with Crippen LogP contribution >= 0.6 is 0 Å². The van der Waals surface area contributed by atoms with Crippen molar-refractivity contribution in [2.45, 2.75) is 31.5 Å². The number of primary amides is 1. The van der Waals surface area contributed by atoms with Crippen molar-refractivity contribution in [2.24, 2.45) is 5.73 Å². The first-order chi connectivity index (χ1) is 14.3. The van der Waals surface area contributed by atoms with Crippen LogP contribution in [0.15, 0.2) is 60.7 Å². The molecule has 9 heteroatoms. The molecule has 0 aromatic heterocycles. The van der Waals surface area contributed by atoms with Crippen molar-refractivity contribution >= 4 is 23.9 Å². The van der Waals surface area contributed by atoms with E-state index in [1.54, 1.807) is 54.6 Å². The van der Waals surface area contributed by atoms with E-state index in [4.69, 9.17) is 15.6 Å². The summed E-state index contributed by atoms with van der Waals surface area (Å²) < 4.78 is 5.15. The predicted octanol–water partition coefficient (Wildman–Crippen LogP) is 0.969. The number of hydrogen-bond acceptors (Lipinski definition) is 5. The molecule has 2 aromatic carbocycles. The summed E-state index contributed by atoms with van der Waals surface area (Å²) in [6, 6.07) is 15.4. The van der Waals surface area contributed by atoms with E-state index in [-0.39, 0.29) is 13.0 Å². The van der Waals surface area contributed by atoms with Gasteiger partial charge in [0.05, 0.1) is 6.42 Å². The van der Waals surface area contributed by atoms with Crippen LogP contribution < -0.4 is 16.4 Å². The van der Waals surface area contributed by atoms with E-state index in [0.29, 0.717) is 0 Å². The normalized spacial score (nSPS) is 12.3. The number of nitrogens with one attached hydrogen (secondary N) is 2. The molecule has 0 aliphatic heterocycles. The van der Waals surface area contributed by atoms with Gasteiger partial charge in [-0.25, -0.2) is 4.79 Å². The summed E-state index contributed by atoms with van der Waals surface area (Å²) in [5, 5.41) is 13.6. The zero-order chi connectivity index (χ0) is 21.9. The van der Waals surface area contributed by atoms with Crippen LogP contribution in [0.1, 0.15) is 17.5 Å². The lowest BCUT2D eigenvalue weighted by atomic mass is 10.0. The Hall–Kier alpha value is -3.88. The Labute approximate surface area is 173 Å². The molecule has 158 valence electrons. The fourth-order valence-corrected chi connectivity index (χ4v) is 2.64. The van der Waals surface area contributed by atoms with E-state index in [2.05, 4.69) is 10.6 Å². The van der Waals surface area contributed by atoms with Crippen molar-refractivity contribution in [1.82, 2.24) is 10.6 Å². The van der Waals surface area contributed by atoms with Crippen LogP contribution in [0.2, 0.25) is 0 Å². The Bertz CT molecular complexity index is 873. The maximum Gasteiger partial charge on any atom is 0.408 e. The number of aliphatic carboxylic acids is 1. The third-order valence-corrected chi connectivity index (χ3v) is 4.14. The van der Waals surface area contributed by atoms with Gasteiger partial charge in [-0.05, 0) is 11.1 Å². The molecule has 0 bridgehead atoms. The van der Waals surface area contributed by atoms with Crippen molar-refractivity contribution in [3.63, 3.8) is 0 Å². The van der Waals surface area contributed by atoms with E-state index in [1.807, 2.05) is 6.07 Å². The van der Waals surface area contributed by atoms with Crippen LogP contribution in [0.4, 0.5) is 4.79 Å². The number of ether oxygens (including phenoxy) is 1. The molecule has 0 heterocycles. The molecule has 0 aliphatic rings. The monoisotopic (exact) mass is 413 g/mol. The third kappa shape index (κ3) is 7.63. The molecule has 0 fully saturated rings. The first kappa shape index (κ1) is 22.4. The fourth-order valence-electron chi connectivity index (χ4n) is 2.64. The van der Waals surface area contributed by atoms with Gasteiger partial charge in [0.15, 0.2) is 0 Å². The fraction of sp³-hybridized carbons (Fsp3) is 0.238. The topological polar surface area (TPSA) is 148 Å². The molecule has 0 spiro atoms. The number of carboxylic acid groups (broad SMARTS) is 1. The summed E-state index contributed by atoms with van der Waals surface area (Å²) in [4.78, 5) is 47.3. The molecule has 2 atom stereocenters. The van der Waals surface area contributed by atoms with Crippen molar-refractivity contribution in [3.8, 4) is 0 Å². The van der Waals surface area contributed by atoms with Gasteiger partial charge in [-0.2, -0.15) is 0 Å². The molecule has 2 aromatic rings. The van der Waals surface area contributed by atoms with Crippen molar-refractivity contribution in [3.05, 3.63) is 71.8 Å². The van der Waals surface area contributed by atoms with Crippen LogP contribution in [-0.4, -0.2) is 41.1 Å². The van der Waals surface area contributed by atoms with Crippen LogP contribution in [0.3, 0.4) is 0 Å². The van der Waals surface area contributed by atoms with E-state index >= 15 is 0 Å². The molecule has 3 amide bonds. The number of carboxylic acids is 1. The number of hydrogen-bond donors (Lipinski definition) is 4. The molecular formula is C21H23N3O6. The van der Waals surface area contributed by atoms with Gasteiger partial charge >= 0.3 is 12.1 Å². The van der Waals surface area contributed by atoms with Gasteiger partial charge in [-0.3, -0.25) is 14.4 Å². The molecule has 9 nitrogen and oxygen atoms in total. The van der Waals surface area contributed by atoms with E-state index in [9.17, 15) is 19.2 Å². The minimum Gasteiger partial charge on any atom is -0.481 e. The van der Waals surface area contributed by atoms with Crippen molar-refractivity contribution in [2.75, 3.05) is 0 Å². The summed E-state index contributed by atoms with van der Waals surface area (Å²) in [5.41, 5.74) is 6.69. The Balaban J connectivity index is 2.06. The van der Waals surface area contributed by atoms with E-state index < -0.39 is 42.4 Å². The highest BCUT2D eigenvalue weighted by atomic mass is 16.5. The molecular weight excluding hydrogens is 390 g/mol. The molecule has 5 N–H and O–H groups in total. The Morgan fingerprint density at radius 2 is 1.43 bits per heavy atom. The second kappa shape index (κ2) is 11.2. The standard InChI is InChI=1S/C21H23N3O6/c22-19(27)16(12-18(25)26)23-20(28)17(11-14-7-3-1-4-8-14)24-21(29)30-13-15-9-5-2-6-10-15/h1-10,16-17H,11-13H2,(H2,22,27)(H,23,28)(H,24,29)(H,25,26)/t16-,17+/m1/s1. The lowest BCUT2D eigenvalue weighted by Crippen LogP contribution is -2.54. The molecule has 0 unspecified atom stereocenters. The molecule has 30 heavy (non-hydrogen) atoms. The average Bonchev–Trinajstić information content (AvgIpc) is 2.72. The van der Waals surface area contributed by atoms with E-state index in [1.165, 1.54) is 0 Å². The van der Waals surface area contributed by atoms with Crippen molar-refractivity contribution in [1.29, 1.82) is 0 Å². The Kier molecular flexibility index (Phi) is 8.37. The first-order valence-electron chi connectivity index (χ1n) is 9.17. The predicted molar refractivity (Wildman–Crippen MR) is 107 cm³/mol. The highest BCUT2D eigenvalue weighted by Crippen LogP contribution is 2.06. The SMILES string of the molecule is NC(=O)[C@@H](CC(=O)O)NC(=O)[C@H](Cc1ccccc1)NC(=O)OCc1ccccc1. The number of carbonyl (C=O) groups is 4. The summed E-state index contributed by atoms with van der Waals surface area (Å²) in [7, 11) is 0. The van der Waals surface area contributed by atoms with Gasteiger partial charge in [0.25, 0.3) is 0 Å². The van der Waals surface area contributed by atoms with Crippen LogP contribution in [0.5, 0.6) is 0 Å². The first-order valence-corrected chi connectivity index (χ1v) is 9.17. The summed E-state index contributed by atoms with van der Waals surface area (Å²) in [6.45, 7) is 0.00920. The Morgan fingerprint density at radius 3 is 1.97 bits per heavy atom. The molecule has 0 saturated carbocycles. The zero-order valence-corrected chi connectivity index (χ0v) is 16.1. The smallest absolute Gasteiger partial charge is 0.408 e. The number of rotatable bonds is 10. The molecule has 0 aliphatic carbocycles. The highest BCUT2D eigenvalue weighted by Gasteiger charge is 2.27. The largest absolute Gasteiger partial charge is 0.481 e. The number of nitrogens with two attached hydrogens (primary N) is 1. The second-order valence-corrected chi connectivity index (χ2v) is 6.51. The maximum absolute atomic E-state index is 12.7. The van der Waals surface area contributed by atoms with Gasteiger partial charge < -0.3 is 26.2 Å². The lowest BCUT2D eigenvalue weighted by Gasteiger charge is -2.21. The second-order valence-electron chi connectivity index (χ2n) is 6.51. The van der Waals surface area contributed by atoms with Gasteiger partial charge in [0, 0.05) is 6.42 Å². The van der Waals surface area contributed by atoms with Crippen LogP contribution in [-0.2, 0) is 32.1 Å². The molecule has 0 saturated heterocycles. The van der Waals surface area contributed by atoms with Crippen LogP contribution in [0.25, 0.3) is 0 Å². The minimum absolute atomic E-state index is 0.00920. The number of carbonyl (C=O) groups excluding carboxylic acids is 3. The number of amides is 3. The minimum atomic E-state index is -1.41. The van der Waals surface area contributed by atoms with E-state index in [0.717, 1.165) is 11.1 Å². The van der Waals surface area contributed by atoms with Gasteiger partial charge in [-0.1, -0.05) is 60.7 Å². The zero-order valence-electron chi connectivity index (χ0n) is 16.1. The van der Waals surface area contributed by atoms with Crippen molar-refractivity contribution < 1.29 is 29.0 Å². The van der Waals surface area contributed by atoms with Crippen LogP contribution in [0, 0.1) is 0 Å².